The third-order valence-electron chi connectivity index (χ3n) is 7.69. The second-order valence-corrected chi connectivity index (χ2v) is 10.2. The molecule has 4 aromatic rings. The van der Waals surface area contributed by atoms with E-state index in [4.69, 9.17) is 0 Å². The Bertz CT molecular complexity index is 1380. The molecule has 2 aromatic heterocycles. The van der Waals surface area contributed by atoms with Gasteiger partial charge in [0.1, 0.15) is 0 Å². The normalized spacial score (nSPS) is 15.2. The molecule has 1 aliphatic carbocycles. The number of H-pyrrole nitrogens is 1. The van der Waals surface area contributed by atoms with Gasteiger partial charge in [0.2, 0.25) is 0 Å². The van der Waals surface area contributed by atoms with Gasteiger partial charge in [0.25, 0.3) is 5.56 Å². The van der Waals surface area contributed by atoms with Crippen molar-refractivity contribution in [2.75, 3.05) is 6.54 Å². The summed E-state index contributed by atoms with van der Waals surface area (Å²) in [6.07, 6.45) is 6.47. The van der Waals surface area contributed by atoms with Crippen molar-refractivity contribution >= 4 is 10.9 Å². The lowest BCUT2D eigenvalue weighted by atomic mass is 10.0. The van der Waals surface area contributed by atoms with Gasteiger partial charge >= 0.3 is 0 Å². The van der Waals surface area contributed by atoms with Crippen molar-refractivity contribution in [2.24, 2.45) is 0 Å². The van der Waals surface area contributed by atoms with Gasteiger partial charge in [-0.15, -0.1) is 5.10 Å². The summed E-state index contributed by atoms with van der Waals surface area (Å²) in [5, 5.41) is 14.1. The highest BCUT2D eigenvalue weighted by Crippen LogP contribution is 2.33. The zero-order valence-electron chi connectivity index (χ0n) is 21.6. The molecule has 7 heteroatoms. The van der Waals surface area contributed by atoms with Crippen molar-refractivity contribution in [1.29, 1.82) is 0 Å². The predicted octanol–water partition coefficient (Wildman–Crippen LogP) is 5.44. The number of nitrogens with zero attached hydrogens (tertiary/aromatic N) is 5. The van der Waals surface area contributed by atoms with Crippen molar-refractivity contribution < 1.29 is 0 Å². The van der Waals surface area contributed by atoms with Gasteiger partial charge in [-0.05, 0) is 84.7 Å². The summed E-state index contributed by atoms with van der Waals surface area (Å²) in [5.41, 5.74) is 5.42. The van der Waals surface area contributed by atoms with Gasteiger partial charge in [0.15, 0.2) is 5.82 Å². The highest BCUT2D eigenvalue weighted by molar-refractivity contribution is 5.79. The summed E-state index contributed by atoms with van der Waals surface area (Å²) in [5.74, 6) is 0.919. The molecule has 1 N–H and O–H groups in total. The molecule has 0 spiro atoms. The van der Waals surface area contributed by atoms with E-state index in [0.29, 0.717) is 12.6 Å². The molecule has 0 radical (unpaired) electrons. The van der Waals surface area contributed by atoms with E-state index in [-0.39, 0.29) is 11.6 Å². The maximum absolute atomic E-state index is 13.1. The Kier molecular flexibility index (Phi) is 7.28. The Morgan fingerprint density at radius 1 is 1.08 bits per heavy atom. The van der Waals surface area contributed by atoms with Crippen LogP contribution in [-0.2, 0) is 13.0 Å². The van der Waals surface area contributed by atoms with E-state index in [9.17, 15) is 4.79 Å². The zero-order chi connectivity index (χ0) is 25.1. The van der Waals surface area contributed by atoms with Crippen molar-refractivity contribution in [3.05, 3.63) is 87.0 Å². The van der Waals surface area contributed by atoms with Crippen LogP contribution in [0.2, 0.25) is 0 Å². The number of aromatic nitrogens is 5. The highest BCUT2D eigenvalue weighted by atomic mass is 16.1. The predicted molar refractivity (Wildman–Crippen MR) is 143 cm³/mol. The van der Waals surface area contributed by atoms with Crippen LogP contribution in [0.5, 0.6) is 0 Å². The first-order valence-electron chi connectivity index (χ1n) is 13.2. The zero-order valence-corrected chi connectivity index (χ0v) is 21.6. The number of fused-ring (bicyclic) bond motifs is 1. The number of rotatable bonds is 9. The minimum Gasteiger partial charge on any atom is -0.322 e. The third-order valence-corrected chi connectivity index (χ3v) is 7.69. The Hall–Kier alpha value is -3.32. The van der Waals surface area contributed by atoms with Gasteiger partial charge < -0.3 is 4.98 Å². The lowest BCUT2D eigenvalue weighted by molar-refractivity contribution is 0.169. The van der Waals surface area contributed by atoms with E-state index in [0.717, 1.165) is 54.5 Å². The molecule has 1 atom stereocenters. The summed E-state index contributed by atoms with van der Waals surface area (Å²) in [7, 11) is 0. The van der Waals surface area contributed by atoms with Crippen LogP contribution in [0.25, 0.3) is 10.9 Å². The highest BCUT2D eigenvalue weighted by Gasteiger charge is 2.29. The van der Waals surface area contributed by atoms with Crippen LogP contribution in [0.4, 0.5) is 0 Å². The third kappa shape index (κ3) is 5.12. The fourth-order valence-corrected chi connectivity index (χ4v) is 5.64. The SMILES string of the molecule is CCC(c1nnnn1C1CCCC1)N(CCc1ccccc1C)Cc1cc2cc(C)ccc2[nH]c1=O. The molecule has 0 amide bonds. The lowest BCUT2D eigenvalue weighted by Gasteiger charge is -2.31. The summed E-state index contributed by atoms with van der Waals surface area (Å²) < 4.78 is 2.07. The molecule has 0 bridgehead atoms. The van der Waals surface area contributed by atoms with Gasteiger partial charge in [0, 0.05) is 24.2 Å². The molecule has 1 fully saturated rings. The van der Waals surface area contributed by atoms with Gasteiger partial charge in [-0.3, -0.25) is 9.69 Å². The molecule has 2 heterocycles. The van der Waals surface area contributed by atoms with Crippen molar-refractivity contribution in [1.82, 2.24) is 30.1 Å². The standard InChI is InChI=1S/C29H36N6O/c1-4-27(28-31-32-33-35(28)25-11-7-8-12-25)34(16-15-22-10-6-5-9-21(22)3)19-24-18-23-17-20(2)13-14-26(23)30-29(24)36/h5-6,9-10,13-14,17-18,25,27H,4,7-8,11-12,15-16,19H2,1-3H3,(H,30,36). The van der Waals surface area contributed by atoms with Crippen molar-refractivity contribution in [2.45, 2.75) is 77.9 Å². The molecular formula is C29H36N6O. The summed E-state index contributed by atoms with van der Waals surface area (Å²) in [6.45, 7) is 7.78. The smallest absolute Gasteiger partial charge is 0.252 e. The van der Waals surface area contributed by atoms with E-state index in [1.807, 2.05) is 12.1 Å². The Morgan fingerprint density at radius 2 is 1.89 bits per heavy atom. The molecule has 5 rings (SSSR count). The number of nitrogens with one attached hydrogen (secondary N) is 1. The average Bonchev–Trinajstić information content (AvgIpc) is 3.57. The van der Waals surface area contributed by atoms with Gasteiger partial charge in [-0.2, -0.15) is 0 Å². The first-order valence-corrected chi connectivity index (χ1v) is 13.2. The molecular weight excluding hydrogens is 448 g/mol. The fourth-order valence-electron chi connectivity index (χ4n) is 5.64. The molecule has 1 aliphatic rings. The summed E-state index contributed by atoms with van der Waals surface area (Å²) in [6, 6.07) is 17.1. The second kappa shape index (κ2) is 10.7. The van der Waals surface area contributed by atoms with Crippen LogP contribution in [0.3, 0.4) is 0 Å². The van der Waals surface area contributed by atoms with E-state index < -0.39 is 0 Å². The fraction of sp³-hybridized carbons (Fsp3) is 0.448. The summed E-state index contributed by atoms with van der Waals surface area (Å²) in [4.78, 5) is 18.6. The van der Waals surface area contributed by atoms with Gasteiger partial charge in [-0.1, -0.05) is 55.7 Å². The van der Waals surface area contributed by atoms with Crippen LogP contribution in [-0.4, -0.2) is 36.6 Å². The molecule has 0 aliphatic heterocycles. The number of tetrazole rings is 1. The van der Waals surface area contributed by atoms with Crippen LogP contribution >= 0.6 is 0 Å². The molecule has 0 saturated heterocycles. The Morgan fingerprint density at radius 3 is 2.67 bits per heavy atom. The lowest BCUT2D eigenvalue weighted by Crippen LogP contribution is -2.34. The van der Waals surface area contributed by atoms with Crippen LogP contribution in [0.1, 0.15) is 79.2 Å². The Balaban J connectivity index is 1.50. The number of hydrogen-bond donors (Lipinski definition) is 1. The monoisotopic (exact) mass is 484 g/mol. The minimum absolute atomic E-state index is 0.0252. The number of pyridine rings is 1. The van der Waals surface area contributed by atoms with Crippen LogP contribution in [0.15, 0.2) is 53.3 Å². The first-order chi connectivity index (χ1) is 17.5. The first kappa shape index (κ1) is 24.4. The molecule has 1 unspecified atom stereocenters. The van der Waals surface area contributed by atoms with E-state index in [2.05, 4.69) is 87.3 Å². The average molecular weight is 485 g/mol. The van der Waals surface area contributed by atoms with Crippen LogP contribution < -0.4 is 5.56 Å². The molecule has 1 saturated carbocycles. The van der Waals surface area contributed by atoms with Crippen molar-refractivity contribution in [3.8, 4) is 0 Å². The minimum atomic E-state index is -0.0301. The maximum atomic E-state index is 13.1. The Labute approximate surface area is 212 Å². The largest absolute Gasteiger partial charge is 0.322 e. The molecule has 36 heavy (non-hydrogen) atoms. The van der Waals surface area contributed by atoms with Gasteiger partial charge in [0.05, 0.1) is 12.1 Å². The summed E-state index contributed by atoms with van der Waals surface area (Å²) >= 11 is 0. The quantitative estimate of drug-likeness (QED) is 0.342. The number of hydrogen-bond acceptors (Lipinski definition) is 5. The molecule has 188 valence electrons. The number of aromatic amines is 1. The number of aryl methyl sites for hydroxylation is 2. The van der Waals surface area contributed by atoms with E-state index in [1.54, 1.807) is 0 Å². The van der Waals surface area contributed by atoms with Gasteiger partial charge in [-0.25, -0.2) is 4.68 Å². The topological polar surface area (TPSA) is 79.7 Å². The van der Waals surface area contributed by atoms with Crippen LogP contribution in [0, 0.1) is 13.8 Å². The van der Waals surface area contributed by atoms with Crippen molar-refractivity contribution in [3.63, 3.8) is 0 Å². The molecule has 2 aromatic carbocycles. The van der Waals surface area contributed by atoms with E-state index in [1.165, 1.54) is 29.5 Å². The maximum Gasteiger partial charge on any atom is 0.252 e. The molecule has 7 nitrogen and oxygen atoms in total. The second-order valence-electron chi connectivity index (χ2n) is 10.2. The van der Waals surface area contributed by atoms with E-state index >= 15 is 0 Å². The number of benzene rings is 2.